The standard InChI is InChI=1S/C23H30Br2O8/c1-13-15-11-32-21(27)18(15)20(33-12-31-9-8-28-3)14(19(13)30-5)10-16-22(2,23(16,24)25)7-6-17(26)29-4/h16H,6-12H2,1-5H3. The van der Waals surface area contributed by atoms with Crippen molar-refractivity contribution in [2.75, 3.05) is 41.3 Å². The molecule has 1 aromatic carbocycles. The third kappa shape index (κ3) is 4.90. The number of benzene rings is 1. The van der Waals surface area contributed by atoms with Crippen LogP contribution in [-0.4, -0.2) is 56.5 Å². The van der Waals surface area contributed by atoms with E-state index in [1.807, 2.05) is 6.92 Å². The Morgan fingerprint density at radius 2 is 1.91 bits per heavy atom. The third-order valence-corrected chi connectivity index (χ3v) is 9.63. The van der Waals surface area contributed by atoms with E-state index in [1.54, 1.807) is 14.2 Å². The summed E-state index contributed by atoms with van der Waals surface area (Å²) < 4.78 is 32.1. The minimum absolute atomic E-state index is 0.0413. The largest absolute Gasteiger partial charge is 0.496 e. The van der Waals surface area contributed by atoms with Crippen molar-refractivity contribution in [3.63, 3.8) is 0 Å². The van der Waals surface area contributed by atoms with Crippen molar-refractivity contribution in [2.45, 2.75) is 43.0 Å². The van der Waals surface area contributed by atoms with Crippen molar-refractivity contribution >= 4 is 43.8 Å². The molecule has 184 valence electrons. The van der Waals surface area contributed by atoms with Crippen molar-refractivity contribution in [3.8, 4) is 11.5 Å². The average Bonchev–Trinajstić information content (AvgIpc) is 3.03. The molecule has 8 nitrogen and oxygen atoms in total. The summed E-state index contributed by atoms with van der Waals surface area (Å²) in [6.07, 6.45) is 1.49. The number of alkyl halides is 2. The number of ether oxygens (including phenoxy) is 6. The molecule has 1 heterocycles. The Hall–Kier alpha value is -1.36. The van der Waals surface area contributed by atoms with Crippen LogP contribution >= 0.6 is 31.9 Å². The van der Waals surface area contributed by atoms with E-state index in [1.165, 1.54) is 7.11 Å². The summed E-state index contributed by atoms with van der Waals surface area (Å²) in [5.74, 6) is 0.512. The normalized spacial score (nSPS) is 22.5. The summed E-state index contributed by atoms with van der Waals surface area (Å²) in [4.78, 5) is 24.4. The van der Waals surface area contributed by atoms with Crippen LogP contribution in [0.1, 0.15) is 46.8 Å². The van der Waals surface area contributed by atoms with Crippen LogP contribution in [0.4, 0.5) is 0 Å². The summed E-state index contributed by atoms with van der Waals surface area (Å²) in [5, 5.41) is 0. The highest BCUT2D eigenvalue weighted by atomic mass is 79.9. The predicted octanol–water partition coefficient (Wildman–Crippen LogP) is 4.29. The molecule has 0 spiro atoms. The van der Waals surface area contributed by atoms with Gasteiger partial charge in [0.05, 0.1) is 30.7 Å². The zero-order chi connectivity index (χ0) is 24.4. The van der Waals surface area contributed by atoms with Gasteiger partial charge in [0.25, 0.3) is 0 Å². The molecule has 1 fully saturated rings. The summed E-state index contributed by atoms with van der Waals surface area (Å²) >= 11 is 7.60. The molecule has 1 aliphatic heterocycles. The first kappa shape index (κ1) is 26.2. The van der Waals surface area contributed by atoms with Crippen LogP contribution < -0.4 is 9.47 Å². The second-order valence-electron chi connectivity index (χ2n) is 8.43. The third-order valence-electron chi connectivity index (χ3n) is 6.71. The molecule has 1 aliphatic carbocycles. The fourth-order valence-corrected chi connectivity index (χ4v) is 6.56. The lowest BCUT2D eigenvalue weighted by Gasteiger charge is -2.20. The van der Waals surface area contributed by atoms with Crippen molar-refractivity contribution in [3.05, 3.63) is 22.3 Å². The number of methoxy groups -OCH3 is 3. The summed E-state index contributed by atoms with van der Waals surface area (Å²) in [6.45, 7) is 4.96. The van der Waals surface area contributed by atoms with E-state index in [-0.39, 0.29) is 33.9 Å². The van der Waals surface area contributed by atoms with Gasteiger partial charge in [-0.2, -0.15) is 0 Å². The molecule has 2 unspecified atom stereocenters. The van der Waals surface area contributed by atoms with Crippen LogP contribution in [-0.2, 0) is 36.8 Å². The highest BCUT2D eigenvalue weighted by Gasteiger charge is 2.71. The van der Waals surface area contributed by atoms with Crippen LogP contribution in [0.15, 0.2) is 0 Å². The summed E-state index contributed by atoms with van der Waals surface area (Å²) in [6, 6.07) is 0. The number of esters is 2. The van der Waals surface area contributed by atoms with Crippen molar-refractivity contribution in [1.82, 2.24) is 0 Å². The number of carbonyl (C=O) groups is 2. The highest BCUT2D eigenvalue weighted by Crippen LogP contribution is 2.74. The first-order valence-electron chi connectivity index (χ1n) is 10.7. The van der Waals surface area contributed by atoms with Crippen LogP contribution in [0.5, 0.6) is 11.5 Å². The lowest BCUT2D eigenvalue weighted by Crippen LogP contribution is -2.14. The van der Waals surface area contributed by atoms with Gasteiger partial charge in [-0.05, 0) is 36.7 Å². The van der Waals surface area contributed by atoms with Gasteiger partial charge >= 0.3 is 11.9 Å². The maximum atomic E-state index is 12.6. The zero-order valence-electron chi connectivity index (χ0n) is 19.5. The minimum Gasteiger partial charge on any atom is -0.496 e. The Morgan fingerprint density at radius 1 is 1.18 bits per heavy atom. The Bertz CT molecular complexity index is 916. The number of halogens is 2. The molecule has 33 heavy (non-hydrogen) atoms. The van der Waals surface area contributed by atoms with Gasteiger partial charge in [-0.3, -0.25) is 4.79 Å². The lowest BCUT2D eigenvalue weighted by molar-refractivity contribution is -0.141. The molecule has 10 heteroatoms. The van der Waals surface area contributed by atoms with Gasteiger partial charge in [0, 0.05) is 24.7 Å². The van der Waals surface area contributed by atoms with E-state index in [9.17, 15) is 9.59 Å². The maximum absolute atomic E-state index is 12.6. The number of fused-ring (bicyclic) bond motifs is 1. The van der Waals surface area contributed by atoms with Gasteiger partial charge in [0.1, 0.15) is 23.7 Å². The number of rotatable bonds is 12. The molecular formula is C23H30Br2O8. The fraction of sp³-hybridized carbons (Fsp3) is 0.652. The predicted molar refractivity (Wildman–Crippen MR) is 127 cm³/mol. The van der Waals surface area contributed by atoms with Crippen molar-refractivity contribution < 1.29 is 38.0 Å². The van der Waals surface area contributed by atoms with E-state index in [4.69, 9.17) is 28.4 Å². The van der Waals surface area contributed by atoms with E-state index < -0.39 is 5.97 Å². The topological polar surface area (TPSA) is 89.5 Å². The summed E-state index contributed by atoms with van der Waals surface area (Å²) in [5.41, 5.74) is 2.59. The molecule has 2 aliphatic rings. The molecule has 2 atom stereocenters. The SMILES string of the molecule is COCCOCOc1c(CC2C(Br)(Br)C2(C)CCC(=O)OC)c(OC)c(C)c2c1C(=O)OC2. The fourth-order valence-electron chi connectivity index (χ4n) is 4.51. The second kappa shape index (κ2) is 10.5. The monoisotopic (exact) mass is 592 g/mol. The Labute approximate surface area is 210 Å². The molecule has 0 bridgehead atoms. The first-order chi connectivity index (χ1) is 15.6. The van der Waals surface area contributed by atoms with Gasteiger partial charge in [0.15, 0.2) is 6.79 Å². The van der Waals surface area contributed by atoms with Crippen LogP contribution in [0.2, 0.25) is 0 Å². The molecular weight excluding hydrogens is 564 g/mol. The first-order valence-corrected chi connectivity index (χ1v) is 12.3. The molecule has 1 aromatic rings. The van der Waals surface area contributed by atoms with Gasteiger partial charge in [-0.1, -0.05) is 38.8 Å². The van der Waals surface area contributed by atoms with Gasteiger partial charge in [0.2, 0.25) is 0 Å². The second-order valence-corrected chi connectivity index (χ2v) is 12.0. The molecule has 0 aromatic heterocycles. The van der Waals surface area contributed by atoms with E-state index in [2.05, 4.69) is 38.8 Å². The number of hydrogen-bond acceptors (Lipinski definition) is 8. The molecule has 0 saturated heterocycles. The maximum Gasteiger partial charge on any atom is 0.342 e. The van der Waals surface area contributed by atoms with Gasteiger partial charge < -0.3 is 28.4 Å². The average molecular weight is 594 g/mol. The molecule has 0 N–H and O–H groups in total. The molecule has 3 rings (SSSR count). The highest BCUT2D eigenvalue weighted by molar-refractivity contribution is 9.25. The molecule has 1 saturated carbocycles. The number of carbonyl (C=O) groups excluding carboxylic acids is 2. The van der Waals surface area contributed by atoms with Gasteiger partial charge in [-0.15, -0.1) is 0 Å². The Balaban J connectivity index is 1.95. The van der Waals surface area contributed by atoms with E-state index in [0.717, 1.165) is 16.7 Å². The number of hydrogen-bond donors (Lipinski definition) is 0. The van der Waals surface area contributed by atoms with Crippen LogP contribution in [0, 0.1) is 18.3 Å². The minimum atomic E-state index is -0.419. The van der Waals surface area contributed by atoms with Crippen molar-refractivity contribution in [1.29, 1.82) is 0 Å². The Morgan fingerprint density at radius 3 is 2.55 bits per heavy atom. The zero-order valence-corrected chi connectivity index (χ0v) is 22.7. The lowest BCUT2D eigenvalue weighted by atomic mass is 9.91. The summed E-state index contributed by atoms with van der Waals surface area (Å²) in [7, 11) is 4.59. The Kier molecular flexibility index (Phi) is 8.35. The molecule has 0 radical (unpaired) electrons. The van der Waals surface area contributed by atoms with Crippen molar-refractivity contribution in [2.24, 2.45) is 11.3 Å². The van der Waals surface area contributed by atoms with Gasteiger partial charge in [-0.25, -0.2) is 4.79 Å². The van der Waals surface area contributed by atoms with Crippen LogP contribution in [0.25, 0.3) is 0 Å². The molecule has 0 amide bonds. The van der Waals surface area contributed by atoms with E-state index >= 15 is 0 Å². The van der Waals surface area contributed by atoms with Crippen LogP contribution in [0.3, 0.4) is 0 Å². The quantitative estimate of drug-likeness (QED) is 0.153. The van der Waals surface area contributed by atoms with E-state index in [0.29, 0.717) is 49.5 Å². The smallest absolute Gasteiger partial charge is 0.342 e. The number of cyclic esters (lactones) is 1.